The van der Waals surface area contributed by atoms with Gasteiger partial charge in [0.05, 0.1) is 11.2 Å². The number of carbonyl (C=O) groups excluding carboxylic acids is 1. The third-order valence-electron chi connectivity index (χ3n) is 4.48. The quantitative estimate of drug-likeness (QED) is 0.814. The van der Waals surface area contributed by atoms with Crippen molar-refractivity contribution in [3.8, 4) is 0 Å². The minimum atomic E-state index is -1.00. The number of aromatic nitrogens is 3. The number of carbonyl (C=O) groups is 1. The van der Waals surface area contributed by atoms with Crippen LogP contribution in [0, 0.1) is 0 Å². The Bertz CT molecular complexity index is 754. The fourth-order valence-electron chi connectivity index (χ4n) is 3.05. The lowest BCUT2D eigenvalue weighted by Gasteiger charge is -2.40. The Morgan fingerprint density at radius 1 is 1.42 bits per heavy atom. The molecule has 3 rings (SSSR count). The highest BCUT2D eigenvalue weighted by molar-refractivity contribution is 5.93. The van der Waals surface area contributed by atoms with Gasteiger partial charge in [-0.2, -0.15) is 0 Å². The number of nitrogens with one attached hydrogen (secondary N) is 1. The normalized spacial score (nSPS) is 19.9. The molecular formula is C18H24N6O2. The molecule has 0 saturated carbocycles. The summed E-state index contributed by atoms with van der Waals surface area (Å²) in [6, 6.07) is 5.31. The Morgan fingerprint density at radius 3 is 3.00 bits per heavy atom. The molecule has 26 heavy (non-hydrogen) atoms. The molecule has 1 aliphatic heterocycles. The molecule has 0 bridgehead atoms. The molecule has 2 aromatic heterocycles. The fourth-order valence-corrected chi connectivity index (χ4v) is 3.05. The number of anilines is 2. The van der Waals surface area contributed by atoms with E-state index in [0.717, 1.165) is 24.6 Å². The highest BCUT2D eigenvalue weighted by Crippen LogP contribution is 2.25. The molecule has 0 radical (unpaired) electrons. The van der Waals surface area contributed by atoms with Gasteiger partial charge >= 0.3 is 0 Å². The van der Waals surface area contributed by atoms with Crippen molar-refractivity contribution in [2.75, 3.05) is 43.5 Å². The van der Waals surface area contributed by atoms with Crippen molar-refractivity contribution in [2.45, 2.75) is 18.4 Å². The van der Waals surface area contributed by atoms with Crippen molar-refractivity contribution >= 4 is 17.5 Å². The molecule has 8 nitrogen and oxygen atoms in total. The molecule has 1 aliphatic rings. The van der Waals surface area contributed by atoms with Gasteiger partial charge in [-0.1, -0.05) is 0 Å². The zero-order valence-corrected chi connectivity index (χ0v) is 15.1. The molecule has 8 heteroatoms. The Morgan fingerprint density at radius 2 is 2.27 bits per heavy atom. The molecule has 3 heterocycles. The van der Waals surface area contributed by atoms with E-state index < -0.39 is 5.60 Å². The zero-order chi connectivity index (χ0) is 18.6. The third-order valence-corrected chi connectivity index (χ3v) is 4.48. The minimum Gasteiger partial charge on any atom is -0.386 e. The zero-order valence-electron chi connectivity index (χ0n) is 15.1. The van der Waals surface area contributed by atoms with E-state index in [1.165, 1.54) is 12.5 Å². The number of amides is 1. The number of hydrogen-bond acceptors (Lipinski definition) is 7. The number of β-amino-alcohol motifs (C(OH)–C–C–N with tert-alkyl or cyclic N) is 1. The molecule has 0 spiro atoms. The van der Waals surface area contributed by atoms with Crippen LogP contribution < -0.4 is 15.1 Å². The van der Waals surface area contributed by atoms with Crippen LogP contribution in [0.1, 0.15) is 23.2 Å². The maximum atomic E-state index is 12.2. The first kappa shape index (κ1) is 18.1. The number of hydrogen-bond donors (Lipinski definition) is 2. The Balaban J connectivity index is 1.65. The lowest BCUT2D eigenvalue weighted by atomic mass is 9.92. The van der Waals surface area contributed by atoms with E-state index in [2.05, 4.69) is 20.3 Å². The van der Waals surface area contributed by atoms with Crippen molar-refractivity contribution in [1.29, 1.82) is 0 Å². The average molecular weight is 356 g/mol. The molecule has 1 fully saturated rings. The monoisotopic (exact) mass is 356 g/mol. The summed E-state index contributed by atoms with van der Waals surface area (Å²) >= 11 is 0. The molecule has 0 aromatic carbocycles. The Labute approximate surface area is 152 Å². The standard InChI is InChI=1S/C18H24N6O2/c1-23(2)15-9-16(22-13-21-15)24-8-4-6-18(26,12-24)11-20-17(25)14-5-3-7-19-10-14/h3,5,7,9-10,13,26H,4,6,8,11-12H2,1-2H3,(H,20,25)/t18-/m0/s1. The van der Waals surface area contributed by atoms with E-state index in [-0.39, 0.29) is 12.5 Å². The van der Waals surface area contributed by atoms with Gasteiger partial charge in [0.1, 0.15) is 18.0 Å². The summed E-state index contributed by atoms with van der Waals surface area (Å²) in [5, 5.41) is 13.8. The van der Waals surface area contributed by atoms with Gasteiger partial charge in [0.15, 0.2) is 0 Å². The Kier molecular flexibility index (Phi) is 5.32. The largest absolute Gasteiger partial charge is 0.386 e. The smallest absolute Gasteiger partial charge is 0.252 e. The maximum Gasteiger partial charge on any atom is 0.252 e. The highest BCUT2D eigenvalue weighted by Gasteiger charge is 2.34. The summed E-state index contributed by atoms with van der Waals surface area (Å²) in [5.41, 5.74) is -0.519. The predicted octanol–water partition coefficient (Wildman–Crippen LogP) is 0.699. The molecule has 2 N–H and O–H groups in total. The number of aliphatic hydroxyl groups is 1. The van der Waals surface area contributed by atoms with Gasteiger partial charge in [-0.05, 0) is 25.0 Å². The number of rotatable bonds is 5. The van der Waals surface area contributed by atoms with Gasteiger partial charge in [-0.25, -0.2) is 9.97 Å². The van der Waals surface area contributed by atoms with E-state index >= 15 is 0 Å². The second-order valence-electron chi connectivity index (χ2n) is 6.80. The van der Waals surface area contributed by atoms with Gasteiger partial charge in [0, 0.05) is 52.2 Å². The average Bonchev–Trinajstić information content (AvgIpc) is 2.67. The first-order chi connectivity index (χ1) is 12.5. The molecular weight excluding hydrogens is 332 g/mol. The van der Waals surface area contributed by atoms with Crippen molar-refractivity contribution in [1.82, 2.24) is 20.3 Å². The van der Waals surface area contributed by atoms with E-state index in [4.69, 9.17) is 0 Å². The van der Waals surface area contributed by atoms with E-state index in [1.807, 2.05) is 30.0 Å². The van der Waals surface area contributed by atoms with Crippen LogP contribution in [-0.4, -0.2) is 65.3 Å². The highest BCUT2D eigenvalue weighted by atomic mass is 16.3. The van der Waals surface area contributed by atoms with Crippen molar-refractivity contribution < 1.29 is 9.90 Å². The summed E-state index contributed by atoms with van der Waals surface area (Å²) in [5.74, 6) is 1.36. The fraction of sp³-hybridized carbons (Fsp3) is 0.444. The second kappa shape index (κ2) is 7.65. The van der Waals surface area contributed by atoms with E-state index in [1.54, 1.807) is 18.3 Å². The van der Waals surface area contributed by atoms with Crippen LogP contribution in [0.3, 0.4) is 0 Å². The van der Waals surface area contributed by atoms with Crippen LogP contribution >= 0.6 is 0 Å². The molecule has 0 unspecified atom stereocenters. The summed E-state index contributed by atoms with van der Waals surface area (Å²) in [7, 11) is 3.85. The first-order valence-corrected chi connectivity index (χ1v) is 8.62. The molecule has 1 amide bonds. The van der Waals surface area contributed by atoms with Crippen LogP contribution in [0.25, 0.3) is 0 Å². The molecule has 138 valence electrons. The van der Waals surface area contributed by atoms with Crippen LogP contribution in [0.4, 0.5) is 11.6 Å². The third kappa shape index (κ3) is 4.26. The van der Waals surface area contributed by atoms with Crippen LogP contribution in [0.2, 0.25) is 0 Å². The van der Waals surface area contributed by atoms with Gasteiger partial charge < -0.3 is 20.2 Å². The molecule has 1 saturated heterocycles. The SMILES string of the molecule is CN(C)c1cc(N2CCC[C@](O)(CNC(=O)c3cccnc3)C2)ncn1. The van der Waals surface area contributed by atoms with Crippen molar-refractivity contribution in [3.05, 3.63) is 42.5 Å². The van der Waals surface area contributed by atoms with Gasteiger partial charge in [0.2, 0.25) is 0 Å². The molecule has 2 aromatic rings. The minimum absolute atomic E-state index is 0.183. The Hall–Kier alpha value is -2.74. The lowest BCUT2D eigenvalue weighted by Crippen LogP contribution is -2.54. The van der Waals surface area contributed by atoms with Crippen molar-refractivity contribution in [2.24, 2.45) is 0 Å². The van der Waals surface area contributed by atoms with E-state index in [0.29, 0.717) is 18.5 Å². The lowest BCUT2D eigenvalue weighted by molar-refractivity contribution is 0.0254. The summed E-state index contributed by atoms with van der Waals surface area (Å²) in [6.07, 6.45) is 6.11. The molecule has 1 atom stereocenters. The van der Waals surface area contributed by atoms with Crippen LogP contribution in [0.5, 0.6) is 0 Å². The molecule has 0 aliphatic carbocycles. The summed E-state index contributed by atoms with van der Waals surface area (Å²) in [4.78, 5) is 28.7. The van der Waals surface area contributed by atoms with Crippen LogP contribution in [0.15, 0.2) is 36.9 Å². The van der Waals surface area contributed by atoms with E-state index in [9.17, 15) is 9.90 Å². The predicted molar refractivity (Wildman–Crippen MR) is 99.3 cm³/mol. The van der Waals surface area contributed by atoms with Crippen LogP contribution in [-0.2, 0) is 0 Å². The van der Waals surface area contributed by atoms with Gasteiger partial charge in [-0.3, -0.25) is 9.78 Å². The number of piperidine rings is 1. The number of pyridine rings is 1. The first-order valence-electron chi connectivity index (χ1n) is 8.62. The topological polar surface area (TPSA) is 94.5 Å². The number of nitrogens with zero attached hydrogens (tertiary/aromatic N) is 5. The second-order valence-corrected chi connectivity index (χ2v) is 6.80. The summed E-state index contributed by atoms with van der Waals surface area (Å²) < 4.78 is 0. The van der Waals surface area contributed by atoms with Crippen molar-refractivity contribution in [3.63, 3.8) is 0 Å². The maximum absolute atomic E-state index is 12.2. The van der Waals surface area contributed by atoms with Gasteiger partial charge in [-0.15, -0.1) is 0 Å². The summed E-state index contributed by atoms with van der Waals surface area (Å²) in [6.45, 7) is 1.40. The van der Waals surface area contributed by atoms with Gasteiger partial charge in [0.25, 0.3) is 5.91 Å².